The van der Waals surface area contributed by atoms with Crippen LogP contribution < -0.4 is 0 Å². The summed E-state index contributed by atoms with van der Waals surface area (Å²) in [6.07, 6.45) is 6.95. The first kappa shape index (κ1) is 11.7. The highest BCUT2D eigenvalue weighted by Crippen LogP contribution is 2.15. The third kappa shape index (κ3) is 5.34. The molecule has 0 aliphatic rings. The van der Waals surface area contributed by atoms with Gasteiger partial charge in [0.1, 0.15) is 5.78 Å². The zero-order chi connectivity index (χ0) is 9.40. The van der Waals surface area contributed by atoms with Gasteiger partial charge in [-0.1, -0.05) is 33.6 Å². The van der Waals surface area contributed by atoms with E-state index >= 15 is 0 Å². The maximum absolute atomic E-state index is 11.3. The summed E-state index contributed by atoms with van der Waals surface area (Å²) < 4.78 is 0. The highest BCUT2D eigenvalue weighted by atomic mass is 16.1. The van der Waals surface area contributed by atoms with E-state index in [1.165, 1.54) is 0 Å². The Morgan fingerprint density at radius 1 is 1.33 bits per heavy atom. The average Bonchev–Trinajstić information content (AvgIpc) is 2.04. The molecule has 0 amide bonds. The van der Waals surface area contributed by atoms with Crippen molar-refractivity contribution in [1.82, 2.24) is 0 Å². The van der Waals surface area contributed by atoms with Gasteiger partial charge in [-0.15, -0.1) is 0 Å². The minimum Gasteiger partial charge on any atom is -0.300 e. The maximum atomic E-state index is 11.3. The molecule has 1 unspecified atom stereocenters. The molecule has 1 nitrogen and oxygen atoms in total. The summed E-state index contributed by atoms with van der Waals surface area (Å²) in [5.74, 6) is 0.947. The zero-order valence-corrected chi connectivity index (χ0v) is 8.60. The van der Waals surface area contributed by atoms with Crippen molar-refractivity contribution in [2.45, 2.75) is 52.9 Å². The molecule has 0 fully saturated rings. The molecule has 0 saturated heterocycles. The second-order valence-corrected chi connectivity index (χ2v) is 3.31. The molecular formula is C11H21O. The molecule has 0 aromatic heterocycles. The van der Waals surface area contributed by atoms with Gasteiger partial charge in [0.15, 0.2) is 0 Å². The largest absolute Gasteiger partial charge is 0.300 e. The van der Waals surface area contributed by atoms with Crippen LogP contribution in [-0.4, -0.2) is 5.78 Å². The van der Waals surface area contributed by atoms with Crippen LogP contribution in [0.2, 0.25) is 0 Å². The van der Waals surface area contributed by atoms with Crippen LogP contribution in [0.25, 0.3) is 0 Å². The van der Waals surface area contributed by atoms with Crippen molar-refractivity contribution in [2.24, 2.45) is 5.92 Å². The zero-order valence-electron chi connectivity index (χ0n) is 8.60. The Labute approximate surface area is 76.6 Å². The standard InChI is InChI=1S/C11H21O/c1-4-7-10(6-3)9-11(12)8-5-2/h7,10H,4-6,8-9H2,1-3H3. The summed E-state index contributed by atoms with van der Waals surface area (Å²) in [6, 6.07) is 0. The van der Waals surface area contributed by atoms with Crippen LogP contribution in [-0.2, 0) is 4.79 Å². The van der Waals surface area contributed by atoms with E-state index in [0.717, 1.165) is 32.1 Å². The first-order chi connectivity index (χ1) is 5.74. The van der Waals surface area contributed by atoms with Crippen molar-refractivity contribution in [1.29, 1.82) is 0 Å². The molecule has 0 aromatic rings. The molecule has 0 aromatic carbocycles. The number of carbonyl (C=O) groups excluding carboxylic acids is 1. The number of hydrogen-bond acceptors (Lipinski definition) is 1. The molecular weight excluding hydrogens is 148 g/mol. The number of rotatable bonds is 7. The SMILES string of the molecule is CC[CH]C(CC)CC(=O)CCC. The minimum absolute atomic E-state index is 0.425. The predicted molar refractivity (Wildman–Crippen MR) is 52.9 cm³/mol. The quantitative estimate of drug-likeness (QED) is 0.571. The van der Waals surface area contributed by atoms with Crippen LogP contribution in [0.15, 0.2) is 0 Å². The van der Waals surface area contributed by atoms with Gasteiger partial charge in [0.05, 0.1) is 0 Å². The Hall–Kier alpha value is -0.330. The highest BCUT2D eigenvalue weighted by molar-refractivity contribution is 5.78. The van der Waals surface area contributed by atoms with Crippen LogP contribution in [0.5, 0.6) is 0 Å². The van der Waals surface area contributed by atoms with Gasteiger partial charge in [-0.25, -0.2) is 0 Å². The highest BCUT2D eigenvalue weighted by Gasteiger charge is 2.10. The lowest BCUT2D eigenvalue weighted by Gasteiger charge is -2.11. The van der Waals surface area contributed by atoms with Gasteiger partial charge in [-0.05, 0) is 18.8 Å². The van der Waals surface area contributed by atoms with E-state index in [1.54, 1.807) is 0 Å². The molecule has 0 heterocycles. The fourth-order valence-electron chi connectivity index (χ4n) is 1.40. The van der Waals surface area contributed by atoms with Crippen molar-refractivity contribution < 1.29 is 4.79 Å². The van der Waals surface area contributed by atoms with E-state index in [2.05, 4.69) is 27.2 Å². The van der Waals surface area contributed by atoms with Gasteiger partial charge >= 0.3 is 0 Å². The van der Waals surface area contributed by atoms with E-state index in [0.29, 0.717) is 11.7 Å². The Bertz CT molecular complexity index is 118. The third-order valence-electron chi connectivity index (χ3n) is 2.11. The number of carbonyl (C=O) groups is 1. The molecule has 1 radical (unpaired) electrons. The summed E-state index contributed by atoms with van der Waals surface area (Å²) in [7, 11) is 0. The van der Waals surface area contributed by atoms with Gasteiger partial charge in [0, 0.05) is 12.8 Å². The minimum atomic E-state index is 0.425. The van der Waals surface area contributed by atoms with Gasteiger partial charge in [0.25, 0.3) is 0 Å². The van der Waals surface area contributed by atoms with Crippen LogP contribution in [0.3, 0.4) is 0 Å². The Kier molecular flexibility index (Phi) is 7.12. The Morgan fingerprint density at radius 2 is 2.00 bits per heavy atom. The monoisotopic (exact) mass is 169 g/mol. The number of Topliss-reactive ketones (excluding diaryl/α,β-unsaturated/α-hetero) is 1. The van der Waals surface area contributed by atoms with Crippen molar-refractivity contribution in [3.05, 3.63) is 6.42 Å². The van der Waals surface area contributed by atoms with Crippen LogP contribution in [0.4, 0.5) is 0 Å². The van der Waals surface area contributed by atoms with Crippen molar-refractivity contribution in [3.63, 3.8) is 0 Å². The lowest BCUT2D eigenvalue weighted by atomic mass is 9.93. The fraction of sp³-hybridized carbons (Fsp3) is 0.818. The van der Waals surface area contributed by atoms with Gasteiger partial charge in [-0.2, -0.15) is 0 Å². The third-order valence-corrected chi connectivity index (χ3v) is 2.11. The van der Waals surface area contributed by atoms with E-state index in [-0.39, 0.29) is 0 Å². The molecule has 0 aliphatic carbocycles. The summed E-state index contributed by atoms with van der Waals surface area (Å²) in [5, 5.41) is 0. The molecule has 0 rings (SSSR count). The van der Waals surface area contributed by atoms with Crippen molar-refractivity contribution in [2.75, 3.05) is 0 Å². The van der Waals surface area contributed by atoms with Gasteiger partial charge in [-0.3, -0.25) is 4.79 Å². The normalized spacial score (nSPS) is 12.9. The topological polar surface area (TPSA) is 17.1 Å². The van der Waals surface area contributed by atoms with Crippen molar-refractivity contribution >= 4 is 5.78 Å². The average molecular weight is 169 g/mol. The predicted octanol–water partition coefficient (Wildman–Crippen LogP) is 3.39. The van der Waals surface area contributed by atoms with E-state index in [1.807, 2.05) is 0 Å². The van der Waals surface area contributed by atoms with Gasteiger partial charge < -0.3 is 0 Å². The molecule has 0 bridgehead atoms. The first-order valence-electron chi connectivity index (χ1n) is 5.09. The lowest BCUT2D eigenvalue weighted by molar-refractivity contribution is -0.119. The lowest BCUT2D eigenvalue weighted by Crippen LogP contribution is -2.07. The summed E-state index contributed by atoms with van der Waals surface area (Å²) >= 11 is 0. The van der Waals surface area contributed by atoms with Crippen molar-refractivity contribution in [3.8, 4) is 0 Å². The number of hydrogen-bond donors (Lipinski definition) is 0. The van der Waals surface area contributed by atoms with Crippen LogP contribution in [0, 0.1) is 12.3 Å². The summed E-state index contributed by atoms with van der Waals surface area (Å²) in [4.78, 5) is 11.3. The maximum Gasteiger partial charge on any atom is 0.133 e. The molecule has 0 spiro atoms. The van der Waals surface area contributed by atoms with E-state index < -0.39 is 0 Å². The molecule has 0 saturated carbocycles. The van der Waals surface area contributed by atoms with E-state index in [4.69, 9.17) is 0 Å². The second kappa shape index (κ2) is 7.33. The van der Waals surface area contributed by atoms with Crippen LogP contribution >= 0.6 is 0 Å². The molecule has 12 heavy (non-hydrogen) atoms. The first-order valence-corrected chi connectivity index (χ1v) is 5.09. The van der Waals surface area contributed by atoms with Crippen LogP contribution in [0.1, 0.15) is 52.9 Å². The molecule has 1 heteroatoms. The second-order valence-electron chi connectivity index (χ2n) is 3.31. The summed E-state index contributed by atoms with van der Waals surface area (Å²) in [5.41, 5.74) is 0. The molecule has 1 atom stereocenters. The van der Waals surface area contributed by atoms with E-state index in [9.17, 15) is 4.79 Å². The smallest absolute Gasteiger partial charge is 0.133 e. The number of ketones is 1. The van der Waals surface area contributed by atoms with Gasteiger partial charge in [0.2, 0.25) is 0 Å². The fourth-order valence-corrected chi connectivity index (χ4v) is 1.40. The molecule has 0 N–H and O–H groups in total. The summed E-state index contributed by atoms with van der Waals surface area (Å²) in [6.45, 7) is 6.34. The molecule has 0 aliphatic heterocycles. The Morgan fingerprint density at radius 3 is 2.42 bits per heavy atom. The Balaban J connectivity index is 3.61. The molecule has 71 valence electrons.